The van der Waals surface area contributed by atoms with E-state index in [1.54, 1.807) is 0 Å². The highest BCUT2D eigenvalue weighted by Gasteiger charge is 2.12. The largest absolute Gasteiger partial charge is 0.328 e. The van der Waals surface area contributed by atoms with Gasteiger partial charge in [0.05, 0.1) is 5.75 Å². The number of rotatable bonds is 3. The summed E-state index contributed by atoms with van der Waals surface area (Å²) in [6, 6.07) is 0.365. The zero-order valence-electron chi connectivity index (χ0n) is 8.52. The Morgan fingerprint density at radius 2 is 1.93 bits per heavy atom. The molecule has 4 nitrogen and oxygen atoms in total. The molecule has 84 valence electrons. The van der Waals surface area contributed by atoms with Gasteiger partial charge in [0.1, 0.15) is 0 Å². The maximum absolute atomic E-state index is 10.5. The second-order valence-electron chi connectivity index (χ2n) is 3.91. The molecule has 1 aliphatic rings. The molecule has 5 heteroatoms. The number of nitrogens with zero attached hydrogens (tertiary/aromatic N) is 1. The first kappa shape index (κ1) is 12.1. The summed E-state index contributed by atoms with van der Waals surface area (Å²) in [5.41, 5.74) is 5.86. The molecule has 1 saturated heterocycles. The summed E-state index contributed by atoms with van der Waals surface area (Å²) in [7, 11) is 0. The molecule has 1 rings (SSSR count). The van der Waals surface area contributed by atoms with Crippen molar-refractivity contribution in [2.75, 3.05) is 25.4 Å². The molecule has 1 fully saturated rings. The molecule has 0 aromatic rings. The van der Waals surface area contributed by atoms with Crippen molar-refractivity contribution in [1.29, 1.82) is 0 Å². The minimum Gasteiger partial charge on any atom is -0.328 e. The molecule has 1 aliphatic heterocycles. The predicted octanol–water partition coefficient (Wildman–Crippen LogP) is 0.411. The zero-order chi connectivity index (χ0) is 10.4. The van der Waals surface area contributed by atoms with Gasteiger partial charge in [-0.2, -0.15) is 0 Å². The fourth-order valence-corrected chi connectivity index (χ4v) is 2.26. The molecule has 0 aliphatic carbocycles. The van der Waals surface area contributed by atoms with E-state index in [2.05, 4.69) is 4.90 Å². The molecule has 0 bridgehead atoms. The lowest BCUT2D eigenvalue weighted by molar-refractivity contribution is 0.252. The van der Waals surface area contributed by atoms with Gasteiger partial charge in [-0.1, -0.05) is 0 Å². The van der Waals surface area contributed by atoms with E-state index in [4.69, 9.17) is 10.3 Å². The van der Waals surface area contributed by atoms with Gasteiger partial charge >= 0.3 is 0 Å². The van der Waals surface area contributed by atoms with E-state index in [-0.39, 0.29) is 0 Å². The highest BCUT2D eigenvalue weighted by Crippen LogP contribution is 2.09. The van der Waals surface area contributed by atoms with Gasteiger partial charge < -0.3 is 15.2 Å². The van der Waals surface area contributed by atoms with Crippen LogP contribution in [0.2, 0.25) is 0 Å². The van der Waals surface area contributed by atoms with E-state index in [9.17, 15) is 4.21 Å². The molecule has 1 atom stereocenters. The molecule has 1 unspecified atom stereocenters. The van der Waals surface area contributed by atoms with E-state index in [1.165, 1.54) is 0 Å². The van der Waals surface area contributed by atoms with Crippen molar-refractivity contribution in [2.24, 2.45) is 5.73 Å². The predicted molar refractivity (Wildman–Crippen MR) is 58.5 cm³/mol. The molecular formula is C9H20N2O2S. The van der Waals surface area contributed by atoms with E-state index < -0.39 is 11.1 Å². The van der Waals surface area contributed by atoms with Crippen LogP contribution in [-0.4, -0.2) is 45.1 Å². The van der Waals surface area contributed by atoms with Crippen molar-refractivity contribution in [3.05, 3.63) is 0 Å². The second kappa shape index (κ2) is 6.50. The van der Waals surface area contributed by atoms with Gasteiger partial charge in [0.25, 0.3) is 0 Å². The summed E-state index contributed by atoms with van der Waals surface area (Å²) in [4.78, 5) is 2.26. The fourth-order valence-electron chi connectivity index (χ4n) is 1.84. The Hall–Kier alpha value is 0.0300. The quantitative estimate of drug-likeness (QED) is 0.676. The minimum absolute atomic E-state index is 0.365. The lowest BCUT2D eigenvalue weighted by Gasteiger charge is -2.25. The highest BCUT2D eigenvalue weighted by atomic mass is 32.2. The summed E-state index contributed by atoms with van der Waals surface area (Å²) >= 11 is -1.65. The maximum atomic E-state index is 10.5. The van der Waals surface area contributed by atoms with Gasteiger partial charge in [-0.05, 0) is 38.8 Å². The van der Waals surface area contributed by atoms with Gasteiger partial charge in [-0.15, -0.1) is 0 Å². The topological polar surface area (TPSA) is 66.6 Å². The van der Waals surface area contributed by atoms with Crippen LogP contribution in [0.5, 0.6) is 0 Å². The van der Waals surface area contributed by atoms with Crippen molar-refractivity contribution in [1.82, 2.24) is 4.90 Å². The number of likely N-dealkylation sites (tertiary alicyclic amines) is 1. The first-order chi connectivity index (χ1) is 6.68. The van der Waals surface area contributed by atoms with Crippen molar-refractivity contribution in [3.63, 3.8) is 0 Å². The first-order valence-corrected chi connectivity index (χ1v) is 6.51. The van der Waals surface area contributed by atoms with E-state index in [0.29, 0.717) is 11.8 Å². The summed E-state index contributed by atoms with van der Waals surface area (Å²) in [6.07, 6.45) is 4.38. The molecule has 0 aromatic carbocycles. The maximum Gasteiger partial charge on any atom is 0.154 e. The fraction of sp³-hybridized carbons (Fsp3) is 1.00. The Balaban J connectivity index is 2.21. The van der Waals surface area contributed by atoms with Gasteiger partial charge in [0.2, 0.25) is 0 Å². The SMILES string of the molecule is NC1CCCN(CCS(=O)O)CCC1. The Labute approximate surface area is 88.1 Å². The van der Waals surface area contributed by atoms with Crippen LogP contribution < -0.4 is 5.73 Å². The van der Waals surface area contributed by atoms with Crippen LogP contribution in [0.25, 0.3) is 0 Å². The normalized spacial score (nSPS) is 24.1. The first-order valence-electron chi connectivity index (χ1n) is 5.24. The third-order valence-electron chi connectivity index (χ3n) is 2.68. The van der Waals surface area contributed by atoms with Crippen molar-refractivity contribution in [3.8, 4) is 0 Å². The van der Waals surface area contributed by atoms with Crippen LogP contribution in [0.1, 0.15) is 25.7 Å². The van der Waals surface area contributed by atoms with Crippen LogP contribution in [0, 0.1) is 0 Å². The molecule has 3 N–H and O–H groups in total. The number of hydrogen-bond acceptors (Lipinski definition) is 3. The van der Waals surface area contributed by atoms with Crippen molar-refractivity contribution in [2.45, 2.75) is 31.7 Å². The second-order valence-corrected chi connectivity index (χ2v) is 4.96. The number of hydrogen-bond donors (Lipinski definition) is 2. The summed E-state index contributed by atoms with van der Waals surface area (Å²) in [5.74, 6) is 0.367. The summed E-state index contributed by atoms with van der Waals surface area (Å²) in [5, 5.41) is 0. The van der Waals surface area contributed by atoms with E-state index >= 15 is 0 Å². The average Bonchev–Trinajstić information content (AvgIpc) is 2.08. The standard InChI is InChI=1S/C9H20N2O2S/c10-9-3-1-5-11(6-2-4-9)7-8-14(12)13/h9H,1-8,10H2,(H,12,13). The third kappa shape index (κ3) is 5.05. The van der Waals surface area contributed by atoms with Crippen LogP contribution in [0.15, 0.2) is 0 Å². The Morgan fingerprint density at radius 3 is 2.43 bits per heavy atom. The summed E-state index contributed by atoms with van der Waals surface area (Å²) in [6.45, 7) is 2.77. The van der Waals surface area contributed by atoms with Crippen LogP contribution >= 0.6 is 0 Å². The van der Waals surface area contributed by atoms with Crippen LogP contribution in [-0.2, 0) is 11.1 Å². The zero-order valence-corrected chi connectivity index (χ0v) is 9.34. The van der Waals surface area contributed by atoms with Crippen LogP contribution in [0.4, 0.5) is 0 Å². The van der Waals surface area contributed by atoms with E-state index in [1.807, 2.05) is 0 Å². The lowest BCUT2D eigenvalue weighted by atomic mass is 10.0. The molecule has 0 aromatic heterocycles. The molecular weight excluding hydrogens is 200 g/mol. The van der Waals surface area contributed by atoms with Crippen molar-refractivity contribution < 1.29 is 8.76 Å². The third-order valence-corrected chi connectivity index (χ3v) is 3.21. The Morgan fingerprint density at radius 1 is 1.36 bits per heavy atom. The summed E-state index contributed by atoms with van der Waals surface area (Å²) < 4.78 is 19.2. The molecule has 1 heterocycles. The van der Waals surface area contributed by atoms with Gasteiger partial charge in [-0.3, -0.25) is 0 Å². The monoisotopic (exact) mass is 220 g/mol. The highest BCUT2D eigenvalue weighted by molar-refractivity contribution is 7.79. The van der Waals surface area contributed by atoms with E-state index in [0.717, 1.165) is 45.3 Å². The molecule has 0 saturated carbocycles. The molecule has 0 spiro atoms. The van der Waals surface area contributed by atoms with Crippen LogP contribution in [0.3, 0.4) is 0 Å². The minimum atomic E-state index is -1.65. The average molecular weight is 220 g/mol. The van der Waals surface area contributed by atoms with Crippen molar-refractivity contribution >= 4 is 11.1 Å². The number of nitrogens with two attached hydrogens (primary N) is 1. The van der Waals surface area contributed by atoms with Gasteiger partial charge in [-0.25, -0.2) is 4.21 Å². The van der Waals surface area contributed by atoms with Gasteiger partial charge in [0, 0.05) is 12.6 Å². The molecule has 0 radical (unpaired) electrons. The Kier molecular flexibility index (Phi) is 5.62. The molecule has 0 amide bonds. The smallest absolute Gasteiger partial charge is 0.154 e. The van der Waals surface area contributed by atoms with Gasteiger partial charge in [0.15, 0.2) is 11.1 Å². The molecule has 14 heavy (non-hydrogen) atoms. The lowest BCUT2D eigenvalue weighted by Crippen LogP contribution is -2.34. The Bertz CT molecular complexity index is 180.